The first kappa shape index (κ1) is 15.9. The molecule has 1 saturated carbocycles. The lowest BCUT2D eigenvalue weighted by Crippen LogP contribution is -2.39. The van der Waals surface area contributed by atoms with Gasteiger partial charge in [0.1, 0.15) is 0 Å². The maximum atomic E-state index is 12.2. The van der Waals surface area contributed by atoms with Crippen LogP contribution in [-0.2, 0) is 15.8 Å². The third-order valence-corrected chi connectivity index (χ3v) is 5.49. The summed E-state index contributed by atoms with van der Waals surface area (Å²) in [5, 5.41) is 19.8. The molecule has 0 bridgehead atoms. The van der Waals surface area contributed by atoms with Gasteiger partial charge in [0, 0.05) is 25.7 Å². The van der Waals surface area contributed by atoms with Crippen molar-refractivity contribution in [1.82, 2.24) is 4.31 Å². The van der Waals surface area contributed by atoms with Gasteiger partial charge in [0.15, 0.2) is 0 Å². The SMILES string of the molecule is CN(CC1CC(O)C1)S(=O)(=O)Cc1ccc([N+](=O)[O-])cc1. The summed E-state index contributed by atoms with van der Waals surface area (Å²) in [4.78, 5) is 10.0. The Morgan fingerprint density at radius 1 is 1.33 bits per heavy atom. The summed E-state index contributed by atoms with van der Waals surface area (Å²) in [5.74, 6) is 0.0215. The second kappa shape index (κ2) is 6.08. The van der Waals surface area contributed by atoms with E-state index in [1.165, 1.54) is 35.6 Å². The average Bonchev–Trinajstić information content (AvgIpc) is 2.37. The van der Waals surface area contributed by atoms with Crippen molar-refractivity contribution < 1.29 is 18.4 Å². The quantitative estimate of drug-likeness (QED) is 0.626. The predicted molar refractivity (Wildman–Crippen MR) is 77.1 cm³/mol. The van der Waals surface area contributed by atoms with Crippen LogP contribution in [0.1, 0.15) is 18.4 Å². The number of rotatable bonds is 6. The van der Waals surface area contributed by atoms with E-state index in [2.05, 4.69) is 0 Å². The number of aliphatic hydroxyl groups excluding tert-OH is 1. The Bertz CT molecular complexity index is 608. The van der Waals surface area contributed by atoms with Crippen molar-refractivity contribution in [2.45, 2.75) is 24.7 Å². The number of hydrogen-bond donors (Lipinski definition) is 1. The smallest absolute Gasteiger partial charge is 0.269 e. The summed E-state index contributed by atoms with van der Waals surface area (Å²) in [5.41, 5.74) is 0.453. The number of nitrogens with zero attached hydrogens (tertiary/aromatic N) is 2. The van der Waals surface area contributed by atoms with Gasteiger partial charge in [-0.25, -0.2) is 12.7 Å². The van der Waals surface area contributed by atoms with Gasteiger partial charge in [-0.3, -0.25) is 10.1 Å². The van der Waals surface area contributed by atoms with E-state index in [4.69, 9.17) is 0 Å². The third-order valence-electron chi connectivity index (χ3n) is 3.70. The van der Waals surface area contributed by atoms with Crippen LogP contribution in [0.3, 0.4) is 0 Å². The highest BCUT2D eigenvalue weighted by molar-refractivity contribution is 7.88. The van der Waals surface area contributed by atoms with E-state index in [1.54, 1.807) is 0 Å². The number of benzene rings is 1. The van der Waals surface area contributed by atoms with Crippen LogP contribution in [0.4, 0.5) is 5.69 Å². The van der Waals surface area contributed by atoms with E-state index in [9.17, 15) is 23.6 Å². The highest BCUT2D eigenvalue weighted by atomic mass is 32.2. The molecule has 1 fully saturated rings. The fraction of sp³-hybridized carbons (Fsp3) is 0.538. The molecule has 0 amide bonds. The molecule has 0 heterocycles. The molecule has 2 rings (SSSR count). The molecule has 0 saturated heterocycles. The van der Waals surface area contributed by atoms with Crippen molar-refractivity contribution in [3.63, 3.8) is 0 Å². The molecule has 0 spiro atoms. The molecule has 1 aromatic carbocycles. The fourth-order valence-corrected chi connectivity index (χ4v) is 3.63. The second-order valence-corrected chi connectivity index (χ2v) is 7.53. The van der Waals surface area contributed by atoms with Gasteiger partial charge >= 0.3 is 0 Å². The first-order valence-electron chi connectivity index (χ1n) is 6.63. The number of nitro groups is 1. The van der Waals surface area contributed by atoms with Crippen LogP contribution in [0, 0.1) is 16.0 Å². The first-order valence-corrected chi connectivity index (χ1v) is 8.24. The molecular weight excluding hydrogens is 296 g/mol. The molecule has 1 aliphatic carbocycles. The van der Waals surface area contributed by atoms with Crippen LogP contribution < -0.4 is 0 Å². The largest absolute Gasteiger partial charge is 0.393 e. The normalized spacial score (nSPS) is 22.0. The molecule has 0 unspecified atom stereocenters. The van der Waals surface area contributed by atoms with E-state index in [1.807, 2.05) is 0 Å². The lowest BCUT2D eigenvalue weighted by molar-refractivity contribution is -0.384. The molecule has 1 aliphatic rings. The van der Waals surface area contributed by atoms with E-state index < -0.39 is 14.9 Å². The molecule has 1 aromatic rings. The molecule has 116 valence electrons. The maximum absolute atomic E-state index is 12.2. The van der Waals surface area contributed by atoms with Crippen molar-refractivity contribution in [2.75, 3.05) is 13.6 Å². The van der Waals surface area contributed by atoms with Crippen LogP contribution in [0.5, 0.6) is 0 Å². The average molecular weight is 314 g/mol. The highest BCUT2D eigenvalue weighted by Crippen LogP contribution is 2.28. The molecule has 0 aromatic heterocycles. The molecular formula is C13H18N2O5S. The lowest BCUT2D eigenvalue weighted by atomic mass is 9.82. The highest BCUT2D eigenvalue weighted by Gasteiger charge is 2.31. The fourth-order valence-electron chi connectivity index (χ4n) is 2.36. The molecule has 0 radical (unpaired) electrons. The summed E-state index contributed by atoms with van der Waals surface area (Å²) in [6.45, 7) is 0.395. The summed E-state index contributed by atoms with van der Waals surface area (Å²) in [7, 11) is -1.93. The zero-order valence-corrected chi connectivity index (χ0v) is 12.5. The van der Waals surface area contributed by atoms with Gasteiger partial charge in [0.05, 0.1) is 16.8 Å². The lowest BCUT2D eigenvalue weighted by Gasteiger charge is -2.34. The molecule has 1 N–H and O–H groups in total. The zero-order valence-electron chi connectivity index (χ0n) is 11.7. The Morgan fingerprint density at radius 3 is 2.38 bits per heavy atom. The van der Waals surface area contributed by atoms with Gasteiger partial charge in [0.2, 0.25) is 10.0 Å². The van der Waals surface area contributed by atoms with E-state index in [0.29, 0.717) is 24.9 Å². The Kier molecular flexibility index (Phi) is 4.60. The minimum atomic E-state index is -3.45. The minimum absolute atomic E-state index is 0.0621. The van der Waals surface area contributed by atoms with E-state index in [0.717, 1.165) is 0 Å². The Morgan fingerprint density at radius 2 is 1.90 bits per heavy atom. The van der Waals surface area contributed by atoms with Gasteiger partial charge in [0.25, 0.3) is 5.69 Å². The Hall–Kier alpha value is -1.51. The molecule has 7 nitrogen and oxygen atoms in total. The van der Waals surface area contributed by atoms with Crippen molar-refractivity contribution in [2.24, 2.45) is 5.92 Å². The minimum Gasteiger partial charge on any atom is -0.393 e. The Balaban J connectivity index is 1.97. The van der Waals surface area contributed by atoms with Crippen LogP contribution in [0.2, 0.25) is 0 Å². The molecule has 21 heavy (non-hydrogen) atoms. The maximum Gasteiger partial charge on any atom is 0.269 e. The second-order valence-electron chi connectivity index (χ2n) is 5.45. The van der Waals surface area contributed by atoms with Crippen molar-refractivity contribution in [3.05, 3.63) is 39.9 Å². The van der Waals surface area contributed by atoms with E-state index in [-0.39, 0.29) is 23.5 Å². The Labute approximate surface area is 123 Å². The van der Waals surface area contributed by atoms with Gasteiger partial charge in [-0.15, -0.1) is 0 Å². The van der Waals surface area contributed by atoms with Crippen molar-refractivity contribution in [1.29, 1.82) is 0 Å². The summed E-state index contributed by atoms with van der Waals surface area (Å²) in [6, 6.07) is 5.51. The van der Waals surface area contributed by atoms with E-state index >= 15 is 0 Å². The van der Waals surface area contributed by atoms with Crippen molar-refractivity contribution in [3.8, 4) is 0 Å². The summed E-state index contributed by atoms with van der Waals surface area (Å²) >= 11 is 0. The summed E-state index contributed by atoms with van der Waals surface area (Å²) in [6.07, 6.45) is 0.968. The van der Waals surface area contributed by atoms with Gasteiger partial charge in [-0.2, -0.15) is 0 Å². The molecule has 0 atom stereocenters. The van der Waals surface area contributed by atoms with Crippen LogP contribution >= 0.6 is 0 Å². The predicted octanol–water partition coefficient (Wildman–Crippen LogP) is 1.13. The monoisotopic (exact) mass is 314 g/mol. The number of aliphatic hydroxyl groups is 1. The first-order chi connectivity index (χ1) is 9.78. The number of hydrogen-bond acceptors (Lipinski definition) is 5. The van der Waals surface area contributed by atoms with Crippen LogP contribution in [0.25, 0.3) is 0 Å². The topological polar surface area (TPSA) is 101 Å². The number of sulfonamides is 1. The zero-order chi connectivity index (χ0) is 15.6. The molecule has 8 heteroatoms. The van der Waals surface area contributed by atoms with Crippen LogP contribution in [-0.4, -0.2) is 42.4 Å². The van der Waals surface area contributed by atoms with Gasteiger partial charge < -0.3 is 5.11 Å². The number of non-ortho nitro benzene ring substituents is 1. The van der Waals surface area contributed by atoms with Crippen LogP contribution in [0.15, 0.2) is 24.3 Å². The molecule has 0 aliphatic heterocycles. The van der Waals surface area contributed by atoms with Gasteiger partial charge in [-0.1, -0.05) is 12.1 Å². The third kappa shape index (κ3) is 3.99. The standard InChI is InChI=1S/C13H18N2O5S/c1-14(8-11-6-13(16)7-11)21(19,20)9-10-2-4-12(5-3-10)15(17)18/h2-5,11,13,16H,6-9H2,1H3. The summed E-state index contributed by atoms with van der Waals surface area (Å²) < 4.78 is 25.7. The number of nitro benzene ring substituents is 1. The van der Waals surface area contributed by atoms with Crippen molar-refractivity contribution >= 4 is 15.7 Å². The van der Waals surface area contributed by atoms with Gasteiger partial charge in [-0.05, 0) is 24.3 Å².